The molecule has 0 N–H and O–H groups in total. The van der Waals surface area contributed by atoms with Gasteiger partial charge >= 0.3 is 6.18 Å². The first-order chi connectivity index (χ1) is 21.6. The molecule has 1 aromatic heterocycles. The number of benzene rings is 2. The van der Waals surface area contributed by atoms with Gasteiger partial charge in [0.2, 0.25) is 10.0 Å². The topological polar surface area (TPSA) is 101 Å². The van der Waals surface area contributed by atoms with Crippen LogP contribution in [0.15, 0.2) is 42.7 Å². The van der Waals surface area contributed by atoms with E-state index in [1.165, 1.54) is 26.2 Å². The normalized spacial score (nSPS) is 21.5. The lowest BCUT2D eigenvalue weighted by Gasteiger charge is -2.43. The molecule has 15 heteroatoms. The van der Waals surface area contributed by atoms with E-state index in [-0.39, 0.29) is 68.3 Å². The van der Waals surface area contributed by atoms with Crippen LogP contribution in [0.5, 0.6) is 0 Å². The lowest BCUT2D eigenvalue weighted by Crippen LogP contribution is -2.55. The van der Waals surface area contributed by atoms with Crippen molar-refractivity contribution in [1.82, 2.24) is 24.0 Å². The number of hydrogen-bond acceptors (Lipinski definition) is 7. The van der Waals surface area contributed by atoms with Gasteiger partial charge in [-0.2, -0.15) is 17.5 Å². The number of halogens is 4. The first-order valence-electron chi connectivity index (χ1n) is 15.0. The van der Waals surface area contributed by atoms with Crippen molar-refractivity contribution >= 4 is 21.6 Å². The number of alkyl halides is 4. The van der Waals surface area contributed by atoms with Crippen LogP contribution < -0.4 is 4.90 Å². The van der Waals surface area contributed by atoms with Crippen molar-refractivity contribution in [2.24, 2.45) is 13.0 Å². The SMILES string of the molecule is CC(C)[C@H]1CN(S(C)(=O)=O)CCN1Cc1cc2c(c(C(F)(F)F)c1)CN(c1cccc(C3([C@@H](F)c4nncn4C)COC3)c1)C2=O. The van der Waals surface area contributed by atoms with Crippen molar-refractivity contribution in [1.29, 1.82) is 0 Å². The average molecular weight is 665 g/mol. The minimum Gasteiger partial charge on any atom is -0.379 e. The minimum absolute atomic E-state index is 0.0322. The van der Waals surface area contributed by atoms with Gasteiger partial charge in [0, 0.05) is 50.5 Å². The van der Waals surface area contributed by atoms with E-state index in [0.29, 0.717) is 23.4 Å². The summed E-state index contributed by atoms with van der Waals surface area (Å²) in [6.45, 7) is 4.66. The fourth-order valence-corrected chi connectivity index (χ4v) is 7.58. The number of nitrogens with zero attached hydrogens (tertiary/aromatic N) is 6. The van der Waals surface area contributed by atoms with Gasteiger partial charge in [0.25, 0.3) is 5.91 Å². The third kappa shape index (κ3) is 5.71. The molecule has 4 heterocycles. The van der Waals surface area contributed by atoms with Crippen LogP contribution in [0.1, 0.15) is 58.5 Å². The molecule has 6 rings (SSSR count). The molecule has 0 unspecified atom stereocenters. The van der Waals surface area contributed by atoms with E-state index in [1.54, 1.807) is 31.3 Å². The molecule has 0 aliphatic carbocycles. The zero-order valence-corrected chi connectivity index (χ0v) is 26.8. The summed E-state index contributed by atoms with van der Waals surface area (Å²) < 4.78 is 92.1. The van der Waals surface area contributed by atoms with E-state index in [1.807, 2.05) is 18.7 Å². The van der Waals surface area contributed by atoms with Crippen LogP contribution in [0.3, 0.4) is 0 Å². The Kier molecular flexibility index (Phi) is 8.27. The number of ether oxygens (including phenoxy) is 1. The van der Waals surface area contributed by atoms with Gasteiger partial charge < -0.3 is 14.2 Å². The summed E-state index contributed by atoms with van der Waals surface area (Å²) >= 11 is 0. The Morgan fingerprint density at radius 1 is 1.13 bits per heavy atom. The largest absolute Gasteiger partial charge is 0.416 e. The Labute approximate surface area is 265 Å². The number of carbonyl (C=O) groups is 1. The summed E-state index contributed by atoms with van der Waals surface area (Å²) in [7, 11) is -1.78. The van der Waals surface area contributed by atoms with Gasteiger partial charge in [0.15, 0.2) is 12.0 Å². The molecule has 1 amide bonds. The Morgan fingerprint density at radius 2 is 1.87 bits per heavy atom. The van der Waals surface area contributed by atoms with Gasteiger partial charge in [-0.1, -0.05) is 26.0 Å². The fourth-order valence-electron chi connectivity index (χ4n) is 6.74. The summed E-state index contributed by atoms with van der Waals surface area (Å²) in [6.07, 6.45) is -3.73. The number of amides is 1. The van der Waals surface area contributed by atoms with E-state index >= 15 is 4.39 Å². The number of rotatable bonds is 8. The van der Waals surface area contributed by atoms with E-state index in [0.717, 1.165) is 12.3 Å². The number of sulfonamides is 1. The van der Waals surface area contributed by atoms with Crippen molar-refractivity contribution < 1.29 is 35.5 Å². The second-order valence-corrected chi connectivity index (χ2v) is 14.8. The van der Waals surface area contributed by atoms with Gasteiger partial charge in [0.05, 0.1) is 37.0 Å². The molecule has 3 aliphatic rings. The van der Waals surface area contributed by atoms with Gasteiger partial charge in [0.1, 0.15) is 6.33 Å². The van der Waals surface area contributed by atoms with Gasteiger partial charge in [-0.15, -0.1) is 10.2 Å². The van der Waals surface area contributed by atoms with Crippen molar-refractivity contribution in [3.05, 3.63) is 76.4 Å². The standard InChI is InChI=1S/C31H36F4N6O4S/c1-19(2)26-15-40(46(4,43)44)9-8-39(26)13-20-10-23-24(25(11-20)31(33,34)35)14-41(29(23)42)22-7-5-6-21(12-22)30(16-45-17-30)27(32)28-37-36-18-38(28)3/h5-7,10-12,18-19,26-27H,8-9,13-17H2,1-4H3/t26-,27+/m1/s1. The Bertz CT molecular complexity index is 1760. The molecule has 2 atom stereocenters. The number of piperazine rings is 1. The van der Waals surface area contributed by atoms with E-state index < -0.39 is 39.3 Å². The van der Waals surface area contributed by atoms with Crippen LogP contribution in [-0.4, -0.2) is 83.4 Å². The summed E-state index contributed by atoms with van der Waals surface area (Å²) in [4.78, 5) is 17.1. The van der Waals surface area contributed by atoms with Crippen LogP contribution in [0.25, 0.3) is 0 Å². The maximum Gasteiger partial charge on any atom is 0.416 e. The van der Waals surface area contributed by atoms with E-state index in [9.17, 15) is 26.4 Å². The molecule has 2 saturated heterocycles. The third-order valence-electron chi connectivity index (χ3n) is 9.44. The highest BCUT2D eigenvalue weighted by atomic mass is 32.2. The Hall–Kier alpha value is -3.40. The zero-order chi connectivity index (χ0) is 33.2. The van der Waals surface area contributed by atoms with Crippen LogP contribution in [0.2, 0.25) is 0 Å². The minimum atomic E-state index is -4.71. The van der Waals surface area contributed by atoms with Crippen LogP contribution in [0, 0.1) is 5.92 Å². The van der Waals surface area contributed by atoms with Crippen LogP contribution in [-0.2, 0) is 46.5 Å². The molecule has 2 aromatic carbocycles. The molecule has 46 heavy (non-hydrogen) atoms. The highest BCUT2D eigenvalue weighted by molar-refractivity contribution is 7.88. The lowest BCUT2D eigenvalue weighted by atomic mass is 9.74. The molecule has 2 fully saturated rings. The molecular formula is C31H36F4N6O4S. The number of fused-ring (bicyclic) bond motifs is 1. The number of carbonyl (C=O) groups excluding carboxylic acids is 1. The van der Waals surface area contributed by atoms with Gasteiger partial charge in [-0.25, -0.2) is 12.8 Å². The van der Waals surface area contributed by atoms with Crippen molar-refractivity contribution in [2.75, 3.05) is 44.0 Å². The van der Waals surface area contributed by atoms with Gasteiger partial charge in [-0.3, -0.25) is 9.69 Å². The summed E-state index contributed by atoms with van der Waals surface area (Å²) in [5.41, 5.74) is -0.902. The number of aromatic nitrogens is 3. The zero-order valence-electron chi connectivity index (χ0n) is 26.0. The molecule has 3 aliphatic heterocycles. The van der Waals surface area contributed by atoms with Crippen LogP contribution >= 0.6 is 0 Å². The Balaban J connectivity index is 1.31. The fraction of sp³-hybridized carbons (Fsp3) is 0.516. The van der Waals surface area contributed by atoms with E-state index in [4.69, 9.17) is 4.74 Å². The van der Waals surface area contributed by atoms with Gasteiger partial charge in [-0.05, 0) is 46.9 Å². The lowest BCUT2D eigenvalue weighted by molar-refractivity contribution is -0.138. The maximum atomic E-state index is 15.9. The first-order valence-corrected chi connectivity index (χ1v) is 16.9. The highest BCUT2D eigenvalue weighted by Crippen LogP contribution is 2.47. The molecule has 10 nitrogen and oxygen atoms in total. The molecule has 0 radical (unpaired) electrons. The summed E-state index contributed by atoms with van der Waals surface area (Å²) in [6, 6.07) is 9.03. The first kappa shape index (κ1) is 32.5. The highest BCUT2D eigenvalue weighted by Gasteiger charge is 2.51. The Morgan fingerprint density at radius 3 is 2.46 bits per heavy atom. The predicted octanol–water partition coefficient (Wildman–Crippen LogP) is 4.07. The van der Waals surface area contributed by atoms with E-state index in [2.05, 4.69) is 10.2 Å². The quantitative estimate of drug-likeness (QED) is 0.335. The molecular weight excluding hydrogens is 628 g/mol. The smallest absolute Gasteiger partial charge is 0.379 e. The average Bonchev–Trinajstić information content (AvgIpc) is 3.54. The maximum absolute atomic E-state index is 15.9. The molecule has 0 bridgehead atoms. The third-order valence-corrected chi connectivity index (χ3v) is 10.7. The number of hydrogen-bond donors (Lipinski definition) is 0. The number of aryl methyl sites for hydroxylation is 1. The van der Waals surface area contributed by atoms with Crippen LogP contribution in [0.4, 0.5) is 23.2 Å². The second-order valence-electron chi connectivity index (χ2n) is 12.8. The second kappa shape index (κ2) is 11.7. The number of anilines is 1. The van der Waals surface area contributed by atoms with Crippen molar-refractivity contribution in [3.63, 3.8) is 0 Å². The molecule has 0 saturated carbocycles. The molecule has 0 spiro atoms. The summed E-state index contributed by atoms with van der Waals surface area (Å²) in [5.74, 6) is -0.420. The predicted molar refractivity (Wildman–Crippen MR) is 161 cm³/mol. The van der Waals surface area contributed by atoms with Crippen molar-refractivity contribution in [2.45, 2.75) is 50.7 Å². The molecule has 248 valence electrons. The summed E-state index contributed by atoms with van der Waals surface area (Å²) in [5, 5.41) is 7.70. The molecule has 3 aromatic rings. The monoisotopic (exact) mass is 664 g/mol. The van der Waals surface area contributed by atoms with Crippen molar-refractivity contribution in [3.8, 4) is 0 Å².